The normalized spacial score (nSPS) is 13.6. The van der Waals surface area contributed by atoms with Gasteiger partial charge in [-0.05, 0) is 56.5 Å². The number of hydrogen-bond donors (Lipinski definition) is 4. The Morgan fingerprint density at radius 1 is 1.19 bits per heavy atom. The number of nitrogens with one attached hydrogen (secondary N) is 2. The molecule has 0 saturated heterocycles. The summed E-state index contributed by atoms with van der Waals surface area (Å²) >= 11 is 0. The smallest absolute Gasteiger partial charge is 0.191 e. The fourth-order valence-electron chi connectivity index (χ4n) is 2.40. The van der Waals surface area contributed by atoms with E-state index in [1.165, 1.54) is 5.56 Å². The first-order chi connectivity index (χ1) is 12.0. The Hall–Kier alpha value is -1.74. The standard InChI is InChI=1S/C19H27N3O3.HI/c1-3-20-18(22-14-19(2,24)17-7-5-13-25-17)21-12-4-6-15-8-10-16(23)11-9-15;/h5,7-11,13,23-24H,3-4,6,12,14H2,1-2H3,(H2,20,21,22);1H. The van der Waals surface area contributed by atoms with Crippen molar-refractivity contribution >= 4 is 29.9 Å². The lowest BCUT2D eigenvalue weighted by atomic mass is 10.0. The van der Waals surface area contributed by atoms with E-state index in [1.807, 2.05) is 19.1 Å². The molecule has 4 N–H and O–H groups in total. The van der Waals surface area contributed by atoms with Gasteiger partial charge in [-0.15, -0.1) is 24.0 Å². The lowest BCUT2D eigenvalue weighted by Gasteiger charge is -2.19. The van der Waals surface area contributed by atoms with Crippen molar-refractivity contribution in [3.05, 3.63) is 54.0 Å². The molecular weight excluding hydrogens is 445 g/mol. The Bertz CT molecular complexity index is 655. The number of hydrogen-bond acceptors (Lipinski definition) is 4. The number of aliphatic imine (C=N–C) groups is 1. The van der Waals surface area contributed by atoms with E-state index >= 15 is 0 Å². The molecule has 1 atom stereocenters. The zero-order valence-electron chi connectivity index (χ0n) is 15.2. The maximum absolute atomic E-state index is 10.5. The largest absolute Gasteiger partial charge is 0.508 e. The molecule has 0 aliphatic rings. The number of phenols is 1. The van der Waals surface area contributed by atoms with Crippen LogP contribution in [-0.2, 0) is 12.0 Å². The average molecular weight is 473 g/mol. The Balaban J connectivity index is 0.00000338. The van der Waals surface area contributed by atoms with Crippen LogP contribution < -0.4 is 10.6 Å². The van der Waals surface area contributed by atoms with Crippen LogP contribution in [0.25, 0.3) is 0 Å². The van der Waals surface area contributed by atoms with Crippen molar-refractivity contribution in [3.8, 4) is 5.75 Å². The van der Waals surface area contributed by atoms with Gasteiger partial charge in [-0.25, -0.2) is 4.99 Å². The molecule has 144 valence electrons. The fraction of sp³-hybridized carbons (Fsp3) is 0.421. The predicted octanol–water partition coefficient (Wildman–Crippen LogP) is 3.00. The van der Waals surface area contributed by atoms with Crippen LogP contribution in [0.5, 0.6) is 5.75 Å². The second kappa shape index (κ2) is 11.1. The maximum atomic E-state index is 10.5. The summed E-state index contributed by atoms with van der Waals surface area (Å²) in [4.78, 5) is 4.45. The summed E-state index contributed by atoms with van der Waals surface area (Å²) in [7, 11) is 0. The number of halogens is 1. The van der Waals surface area contributed by atoms with Gasteiger partial charge in [0.25, 0.3) is 0 Å². The fourth-order valence-corrected chi connectivity index (χ4v) is 2.40. The molecule has 0 fully saturated rings. The number of benzene rings is 1. The van der Waals surface area contributed by atoms with Crippen LogP contribution in [0.4, 0.5) is 0 Å². The van der Waals surface area contributed by atoms with Crippen molar-refractivity contribution in [2.45, 2.75) is 32.3 Å². The van der Waals surface area contributed by atoms with Gasteiger partial charge in [0.15, 0.2) is 5.96 Å². The van der Waals surface area contributed by atoms with Gasteiger partial charge in [0, 0.05) is 13.1 Å². The second-order valence-corrected chi connectivity index (χ2v) is 6.14. The topological polar surface area (TPSA) is 90.0 Å². The first kappa shape index (κ1) is 22.3. The molecule has 1 heterocycles. The van der Waals surface area contributed by atoms with Gasteiger partial charge < -0.3 is 25.3 Å². The van der Waals surface area contributed by atoms with E-state index in [1.54, 1.807) is 37.5 Å². The van der Waals surface area contributed by atoms with Crippen LogP contribution in [0.1, 0.15) is 31.6 Å². The van der Waals surface area contributed by atoms with Crippen molar-refractivity contribution in [3.63, 3.8) is 0 Å². The number of nitrogens with zero attached hydrogens (tertiary/aromatic N) is 1. The summed E-state index contributed by atoms with van der Waals surface area (Å²) in [5.74, 6) is 1.45. The first-order valence-corrected chi connectivity index (χ1v) is 8.57. The van der Waals surface area contributed by atoms with Gasteiger partial charge in [-0.1, -0.05) is 12.1 Å². The van der Waals surface area contributed by atoms with Crippen molar-refractivity contribution in [1.29, 1.82) is 0 Å². The van der Waals surface area contributed by atoms with Crippen LogP contribution in [0, 0.1) is 0 Å². The van der Waals surface area contributed by atoms with Crippen LogP contribution in [0.15, 0.2) is 52.1 Å². The van der Waals surface area contributed by atoms with Crippen molar-refractivity contribution < 1.29 is 14.6 Å². The molecule has 7 heteroatoms. The summed E-state index contributed by atoms with van der Waals surface area (Å²) in [6.07, 6.45) is 3.39. The van der Waals surface area contributed by atoms with Crippen molar-refractivity contribution in [2.75, 3.05) is 19.6 Å². The molecule has 1 aromatic carbocycles. The zero-order valence-corrected chi connectivity index (χ0v) is 17.6. The molecule has 0 amide bonds. The summed E-state index contributed by atoms with van der Waals surface area (Å²) in [6, 6.07) is 10.7. The Morgan fingerprint density at radius 2 is 1.92 bits per heavy atom. The van der Waals surface area contributed by atoms with Gasteiger partial charge in [0.1, 0.15) is 17.1 Å². The zero-order chi connectivity index (χ0) is 18.1. The molecular formula is C19H28IN3O3. The highest BCUT2D eigenvalue weighted by Gasteiger charge is 2.25. The van der Waals surface area contributed by atoms with E-state index in [0.717, 1.165) is 25.9 Å². The van der Waals surface area contributed by atoms with Crippen molar-refractivity contribution in [1.82, 2.24) is 10.6 Å². The molecule has 0 aliphatic carbocycles. The highest BCUT2D eigenvalue weighted by Crippen LogP contribution is 2.21. The Kier molecular flexibility index (Phi) is 9.50. The van der Waals surface area contributed by atoms with Crippen LogP contribution in [0.3, 0.4) is 0 Å². The molecule has 0 aliphatic heterocycles. The highest BCUT2D eigenvalue weighted by atomic mass is 127. The number of rotatable bonds is 8. The summed E-state index contributed by atoms with van der Waals surface area (Å²) in [6.45, 7) is 5.39. The molecule has 0 radical (unpaired) electrons. The number of aliphatic hydroxyl groups is 1. The molecule has 6 nitrogen and oxygen atoms in total. The number of aryl methyl sites for hydroxylation is 1. The quantitative estimate of drug-likeness (QED) is 0.205. The number of furan rings is 1. The Morgan fingerprint density at radius 3 is 2.54 bits per heavy atom. The molecule has 1 unspecified atom stereocenters. The minimum atomic E-state index is -1.14. The summed E-state index contributed by atoms with van der Waals surface area (Å²) in [5.41, 5.74) is 0.0417. The average Bonchev–Trinajstić information content (AvgIpc) is 3.13. The number of aromatic hydroxyl groups is 1. The predicted molar refractivity (Wildman–Crippen MR) is 114 cm³/mol. The minimum Gasteiger partial charge on any atom is -0.508 e. The Labute approximate surface area is 171 Å². The third-order valence-corrected chi connectivity index (χ3v) is 3.81. The molecule has 26 heavy (non-hydrogen) atoms. The third-order valence-electron chi connectivity index (χ3n) is 3.81. The minimum absolute atomic E-state index is 0. The lowest BCUT2D eigenvalue weighted by Crippen LogP contribution is -2.39. The van der Waals surface area contributed by atoms with Crippen LogP contribution in [0.2, 0.25) is 0 Å². The van der Waals surface area contributed by atoms with Crippen LogP contribution in [-0.4, -0.2) is 35.8 Å². The number of guanidine groups is 1. The molecule has 0 bridgehead atoms. The van der Waals surface area contributed by atoms with Crippen molar-refractivity contribution in [2.24, 2.45) is 4.99 Å². The van der Waals surface area contributed by atoms with E-state index < -0.39 is 5.60 Å². The first-order valence-electron chi connectivity index (χ1n) is 8.57. The molecule has 0 spiro atoms. The summed E-state index contributed by atoms with van der Waals surface area (Å²) in [5, 5.41) is 26.2. The van der Waals surface area contributed by atoms with E-state index in [-0.39, 0.29) is 36.3 Å². The van der Waals surface area contributed by atoms with Gasteiger partial charge >= 0.3 is 0 Å². The van der Waals surface area contributed by atoms with Gasteiger partial charge in [-0.3, -0.25) is 0 Å². The maximum Gasteiger partial charge on any atom is 0.191 e. The van der Waals surface area contributed by atoms with Gasteiger partial charge in [0.05, 0.1) is 12.8 Å². The molecule has 2 rings (SSSR count). The highest BCUT2D eigenvalue weighted by molar-refractivity contribution is 14.0. The summed E-state index contributed by atoms with van der Waals surface area (Å²) < 4.78 is 5.27. The third kappa shape index (κ3) is 7.25. The lowest BCUT2D eigenvalue weighted by molar-refractivity contribution is 0.0437. The molecule has 0 saturated carbocycles. The second-order valence-electron chi connectivity index (χ2n) is 6.14. The van der Waals surface area contributed by atoms with Gasteiger partial charge in [-0.2, -0.15) is 0 Å². The van der Waals surface area contributed by atoms with E-state index in [2.05, 4.69) is 15.6 Å². The SMILES string of the molecule is CCNC(=NCC(C)(O)c1ccco1)NCCCc1ccc(O)cc1.I. The van der Waals surface area contributed by atoms with Crippen LogP contribution >= 0.6 is 24.0 Å². The van der Waals surface area contributed by atoms with E-state index in [4.69, 9.17) is 4.42 Å². The van der Waals surface area contributed by atoms with Gasteiger partial charge in [0.2, 0.25) is 0 Å². The number of phenolic OH excluding ortho intramolecular Hbond substituents is 1. The molecule has 1 aromatic heterocycles. The molecule has 2 aromatic rings. The monoisotopic (exact) mass is 473 g/mol. The van der Waals surface area contributed by atoms with E-state index in [9.17, 15) is 10.2 Å². The van der Waals surface area contributed by atoms with E-state index in [0.29, 0.717) is 11.7 Å².